The van der Waals surface area contributed by atoms with Crippen LogP contribution in [0.2, 0.25) is 0 Å². The Bertz CT molecular complexity index is 621. The number of rotatable bonds is 0. The predicted molar refractivity (Wildman–Crippen MR) is 68.2 cm³/mol. The van der Waals surface area contributed by atoms with E-state index in [0.717, 1.165) is 29.2 Å². The second-order valence-electron chi connectivity index (χ2n) is 5.29. The van der Waals surface area contributed by atoms with Crippen molar-refractivity contribution in [3.05, 3.63) is 18.0 Å². The number of anilines is 1. The highest BCUT2D eigenvalue weighted by molar-refractivity contribution is 5.61. The van der Waals surface area contributed by atoms with Crippen molar-refractivity contribution >= 4 is 11.5 Å². The minimum atomic E-state index is 0.318. The van der Waals surface area contributed by atoms with E-state index in [1.807, 2.05) is 19.3 Å². The molecule has 1 aliphatic carbocycles. The van der Waals surface area contributed by atoms with Gasteiger partial charge in [0.15, 0.2) is 17.2 Å². The van der Waals surface area contributed by atoms with Gasteiger partial charge in [-0.25, -0.2) is 9.50 Å². The number of aromatic nitrogens is 3. The zero-order chi connectivity index (χ0) is 12.3. The Morgan fingerprint density at radius 3 is 3.17 bits per heavy atom. The molecule has 18 heavy (non-hydrogen) atoms. The van der Waals surface area contributed by atoms with Crippen LogP contribution in [0, 0.1) is 6.92 Å². The van der Waals surface area contributed by atoms with E-state index in [-0.39, 0.29) is 0 Å². The first-order valence-corrected chi connectivity index (χ1v) is 6.48. The van der Waals surface area contributed by atoms with Crippen LogP contribution in [0.5, 0.6) is 5.75 Å². The molecule has 2 aliphatic rings. The molecule has 0 radical (unpaired) electrons. The lowest BCUT2D eigenvalue weighted by Gasteiger charge is -2.36. The molecule has 1 aliphatic heterocycles. The van der Waals surface area contributed by atoms with Crippen molar-refractivity contribution in [3.63, 3.8) is 0 Å². The third-order valence-corrected chi connectivity index (χ3v) is 4.14. The molecule has 2 aromatic heterocycles. The molecule has 5 heteroatoms. The first kappa shape index (κ1) is 10.2. The molecule has 2 atom stereocenters. The number of likely N-dealkylation sites (N-methyl/N-ethyl adjacent to an activating group) is 1. The fraction of sp³-hybridized carbons (Fsp3) is 0.538. The number of hydrogen-bond acceptors (Lipinski definition) is 4. The Morgan fingerprint density at radius 1 is 1.39 bits per heavy atom. The van der Waals surface area contributed by atoms with E-state index in [1.54, 1.807) is 4.52 Å². The fourth-order valence-corrected chi connectivity index (χ4v) is 3.14. The highest BCUT2D eigenvalue weighted by Gasteiger charge is 2.38. The molecule has 4 rings (SSSR count). The third kappa shape index (κ3) is 1.22. The van der Waals surface area contributed by atoms with Gasteiger partial charge >= 0.3 is 0 Å². The molecule has 0 N–H and O–H groups in total. The maximum atomic E-state index is 6.08. The van der Waals surface area contributed by atoms with Crippen LogP contribution >= 0.6 is 0 Å². The third-order valence-electron chi connectivity index (χ3n) is 4.14. The van der Waals surface area contributed by atoms with E-state index < -0.39 is 0 Å². The molecule has 94 valence electrons. The maximum Gasteiger partial charge on any atom is 0.180 e. The number of fused-ring (bicyclic) bond motifs is 3. The van der Waals surface area contributed by atoms with Gasteiger partial charge in [0.2, 0.25) is 0 Å². The molecule has 2 unspecified atom stereocenters. The zero-order valence-corrected chi connectivity index (χ0v) is 10.6. The van der Waals surface area contributed by atoms with Crippen LogP contribution < -0.4 is 9.64 Å². The van der Waals surface area contributed by atoms with Crippen molar-refractivity contribution < 1.29 is 4.74 Å². The smallest absolute Gasteiger partial charge is 0.180 e. The van der Waals surface area contributed by atoms with Crippen LogP contribution in [0.25, 0.3) is 5.65 Å². The maximum absolute atomic E-state index is 6.08. The van der Waals surface area contributed by atoms with Crippen molar-refractivity contribution in [2.24, 2.45) is 0 Å². The normalized spacial score (nSPS) is 26.0. The fourth-order valence-electron chi connectivity index (χ4n) is 3.14. The Balaban J connectivity index is 1.91. The van der Waals surface area contributed by atoms with Crippen molar-refractivity contribution in [2.75, 3.05) is 11.9 Å². The van der Waals surface area contributed by atoms with E-state index in [2.05, 4.69) is 17.0 Å². The summed E-state index contributed by atoms with van der Waals surface area (Å²) in [6, 6.07) is 0.482. The molecule has 2 aromatic rings. The molecule has 1 fully saturated rings. The molecular formula is C13H16N4O. The quantitative estimate of drug-likeness (QED) is 0.708. The molecule has 0 amide bonds. The van der Waals surface area contributed by atoms with Gasteiger partial charge in [-0.2, -0.15) is 5.10 Å². The summed E-state index contributed by atoms with van der Waals surface area (Å²) >= 11 is 0. The van der Waals surface area contributed by atoms with E-state index in [1.165, 1.54) is 12.8 Å². The Labute approximate surface area is 105 Å². The van der Waals surface area contributed by atoms with Gasteiger partial charge in [-0.05, 0) is 26.2 Å². The van der Waals surface area contributed by atoms with E-state index in [0.29, 0.717) is 12.1 Å². The van der Waals surface area contributed by atoms with Crippen LogP contribution in [-0.4, -0.2) is 33.8 Å². The molecule has 5 nitrogen and oxygen atoms in total. The van der Waals surface area contributed by atoms with Gasteiger partial charge in [0.05, 0.1) is 18.4 Å². The van der Waals surface area contributed by atoms with Gasteiger partial charge in [-0.15, -0.1) is 0 Å². The molecule has 0 spiro atoms. The van der Waals surface area contributed by atoms with Gasteiger partial charge in [0, 0.05) is 12.6 Å². The van der Waals surface area contributed by atoms with Crippen molar-refractivity contribution in [1.82, 2.24) is 14.6 Å². The summed E-state index contributed by atoms with van der Waals surface area (Å²) in [7, 11) is 2.12. The topological polar surface area (TPSA) is 42.7 Å². The number of aryl methyl sites for hydroxylation is 1. The summed E-state index contributed by atoms with van der Waals surface area (Å²) in [5.74, 6) is 1.81. The van der Waals surface area contributed by atoms with Gasteiger partial charge in [0.1, 0.15) is 6.10 Å². The summed E-state index contributed by atoms with van der Waals surface area (Å²) in [6.07, 6.45) is 7.70. The molecular weight excluding hydrogens is 228 g/mol. The van der Waals surface area contributed by atoms with Crippen LogP contribution in [0.15, 0.2) is 12.4 Å². The monoisotopic (exact) mass is 244 g/mol. The Hall–Kier alpha value is -1.78. The van der Waals surface area contributed by atoms with E-state index >= 15 is 0 Å². The first-order chi connectivity index (χ1) is 8.74. The number of nitrogens with zero attached hydrogens (tertiary/aromatic N) is 4. The van der Waals surface area contributed by atoms with Crippen molar-refractivity contribution in [2.45, 2.75) is 38.3 Å². The van der Waals surface area contributed by atoms with Crippen LogP contribution in [0.1, 0.15) is 24.8 Å². The Morgan fingerprint density at radius 2 is 2.28 bits per heavy atom. The highest BCUT2D eigenvalue weighted by Crippen LogP contribution is 2.39. The minimum Gasteiger partial charge on any atom is -0.483 e. The zero-order valence-electron chi connectivity index (χ0n) is 10.6. The standard InChI is InChI=1S/C13H16N4O/c1-8-6-14-17-7-11-13(15-12(8)17)16(2)9-4-3-5-10(9)18-11/h6-7,9-10H,3-5H2,1-2H3. The molecule has 0 saturated heterocycles. The molecule has 0 bridgehead atoms. The van der Waals surface area contributed by atoms with Crippen LogP contribution in [0.4, 0.5) is 5.82 Å². The number of ether oxygens (including phenoxy) is 1. The van der Waals surface area contributed by atoms with Crippen molar-refractivity contribution in [1.29, 1.82) is 0 Å². The SMILES string of the molecule is Cc1cnn2cc3c(nc12)N(C)C1CCCC1O3. The Kier molecular flexibility index (Phi) is 1.90. The highest BCUT2D eigenvalue weighted by atomic mass is 16.5. The average molecular weight is 244 g/mol. The number of hydrogen-bond donors (Lipinski definition) is 0. The minimum absolute atomic E-state index is 0.318. The molecule has 3 heterocycles. The van der Waals surface area contributed by atoms with Gasteiger partial charge in [0.25, 0.3) is 0 Å². The van der Waals surface area contributed by atoms with E-state index in [9.17, 15) is 0 Å². The summed E-state index contributed by atoms with van der Waals surface area (Å²) < 4.78 is 7.88. The molecule has 1 saturated carbocycles. The summed E-state index contributed by atoms with van der Waals surface area (Å²) in [5, 5.41) is 4.29. The van der Waals surface area contributed by atoms with Gasteiger partial charge in [-0.1, -0.05) is 0 Å². The largest absolute Gasteiger partial charge is 0.483 e. The summed E-state index contributed by atoms with van der Waals surface area (Å²) in [4.78, 5) is 7.00. The van der Waals surface area contributed by atoms with Crippen molar-refractivity contribution in [3.8, 4) is 5.75 Å². The second kappa shape index (κ2) is 3.37. The lowest BCUT2D eigenvalue weighted by Crippen LogP contribution is -2.44. The van der Waals surface area contributed by atoms with Crippen LogP contribution in [-0.2, 0) is 0 Å². The van der Waals surface area contributed by atoms with Gasteiger partial charge < -0.3 is 9.64 Å². The molecule has 0 aromatic carbocycles. The summed E-state index contributed by atoms with van der Waals surface area (Å²) in [6.45, 7) is 2.03. The summed E-state index contributed by atoms with van der Waals surface area (Å²) in [5.41, 5.74) is 2.01. The van der Waals surface area contributed by atoms with Gasteiger partial charge in [-0.3, -0.25) is 0 Å². The predicted octanol–water partition coefficient (Wildman–Crippen LogP) is 1.79. The van der Waals surface area contributed by atoms with Crippen LogP contribution in [0.3, 0.4) is 0 Å². The average Bonchev–Trinajstić information content (AvgIpc) is 2.96. The lowest BCUT2D eigenvalue weighted by atomic mass is 10.1. The lowest BCUT2D eigenvalue weighted by molar-refractivity contribution is 0.172. The van der Waals surface area contributed by atoms with E-state index in [4.69, 9.17) is 9.72 Å². The first-order valence-electron chi connectivity index (χ1n) is 6.48. The second-order valence-corrected chi connectivity index (χ2v) is 5.29.